The summed E-state index contributed by atoms with van der Waals surface area (Å²) in [6.07, 6.45) is 1.26. The number of piperidine rings is 1. The quantitative estimate of drug-likeness (QED) is 0.687. The van der Waals surface area contributed by atoms with E-state index >= 15 is 0 Å². The minimum atomic E-state index is -4.78. The van der Waals surface area contributed by atoms with Gasteiger partial charge >= 0.3 is 6.18 Å². The van der Waals surface area contributed by atoms with Crippen LogP contribution in [0, 0.1) is 0 Å². The van der Waals surface area contributed by atoms with Gasteiger partial charge in [-0.05, 0) is 37.1 Å². The average molecular weight is 451 g/mol. The van der Waals surface area contributed by atoms with E-state index in [0.29, 0.717) is 0 Å². The number of aromatic nitrogens is 1. The highest BCUT2D eigenvalue weighted by Crippen LogP contribution is 2.33. The zero-order chi connectivity index (χ0) is 22.9. The fourth-order valence-corrected chi connectivity index (χ4v) is 3.85. The number of allylic oxidation sites excluding steroid dienone is 3. The Morgan fingerprint density at radius 2 is 1.94 bits per heavy atom. The summed E-state index contributed by atoms with van der Waals surface area (Å²) in [5, 5.41) is 4.75. The summed E-state index contributed by atoms with van der Waals surface area (Å²) in [6, 6.07) is 1.73. The number of carbonyl (C=O) groups excluding carboxylic acids is 2. The van der Waals surface area contributed by atoms with E-state index < -0.39 is 30.5 Å². The van der Waals surface area contributed by atoms with Crippen molar-refractivity contribution in [1.82, 2.24) is 25.4 Å². The van der Waals surface area contributed by atoms with Crippen LogP contribution in [0.4, 0.5) is 17.6 Å². The maximum atomic E-state index is 13.6. The SMILES string of the molecule is O=C(NC(c1ccccn1)C(F)(F)F)C1=C2C=CC=CN2C(C(=O)N2CCC(F)CC2)N1. The number of nitrogens with zero attached hydrogens (tertiary/aromatic N) is 3. The Hall–Kier alpha value is -3.37. The van der Waals surface area contributed by atoms with Crippen molar-refractivity contribution in [2.24, 2.45) is 0 Å². The van der Waals surface area contributed by atoms with Crippen molar-refractivity contribution < 1.29 is 27.2 Å². The van der Waals surface area contributed by atoms with E-state index in [4.69, 9.17) is 0 Å². The molecule has 1 aromatic rings. The fourth-order valence-electron chi connectivity index (χ4n) is 3.85. The first kappa shape index (κ1) is 21.8. The van der Waals surface area contributed by atoms with E-state index in [2.05, 4.69) is 10.3 Å². The zero-order valence-corrected chi connectivity index (χ0v) is 16.8. The predicted molar refractivity (Wildman–Crippen MR) is 106 cm³/mol. The minimum Gasteiger partial charge on any atom is -0.351 e. The Balaban J connectivity index is 1.55. The third-order valence-corrected chi connectivity index (χ3v) is 5.49. The van der Waals surface area contributed by atoms with Crippen molar-refractivity contribution in [3.8, 4) is 0 Å². The molecule has 0 radical (unpaired) electrons. The van der Waals surface area contributed by atoms with E-state index in [1.165, 1.54) is 40.3 Å². The van der Waals surface area contributed by atoms with Gasteiger partial charge in [-0.3, -0.25) is 14.6 Å². The van der Waals surface area contributed by atoms with Crippen LogP contribution < -0.4 is 10.6 Å². The van der Waals surface area contributed by atoms with Gasteiger partial charge in [-0.25, -0.2) is 4.39 Å². The highest BCUT2D eigenvalue weighted by atomic mass is 19.4. The highest BCUT2D eigenvalue weighted by Gasteiger charge is 2.45. The molecule has 1 aromatic heterocycles. The lowest BCUT2D eigenvalue weighted by molar-refractivity contribution is -0.163. The lowest BCUT2D eigenvalue weighted by Gasteiger charge is -2.33. The van der Waals surface area contributed by atoms with E-state index in [1.807, 2.05) is 5.32 Å². The zero-order valence-electron chi connectivity index (χ0n) is 16.8. The number of amides is 2. The molecule has 0 aromatic carbocycles. The third kappa shape index (κ3) is 4.32. The molecule has 0 bridgehead atoms. The van der Waals surface area contributed by atoms with Crippen LogP contribution in [0.3, 0.4) is 0 Å². The number of likely N-dealkylation sites (tertiary alicyclic amines) is 1. The largest absolute Gasteiger partial charge is 0.414 e. The summed E-state index contributed by atoms with van der Waals surface area (Å²) in [5.74, 6) is -1.40. The molecular weight excluding hydrogens is 430 g/mol. The van der Waals surface area contributed by atoms with Gasteiger partial charge in [0.05, 0.1) is 11.4 Å². The summed E-state index contributed by atoms with van der Waals surface area (Å²) in [6.45, 7) is 0.469. The molecule has 0 aliphatic carbocycles. The standard InChI is InChI=1S/C21H21F4N5O2/c22-13-7-11-29(12-8-13)20(32)18-27-16(15-6-2-4-10-30(15)18)19(31)28-17(21(23,24)25)14-5-1-3-9-26-14/h1-6,9-10,13,17-18,27H,7-8,11-12H2,(H,28,31). The molecule has 0 spiro atoms. The van der Waals surface area contributed by atoms with Crippen LogP contribution in [-0.4, -0.2) is 58.2 Å². The van der Waals surface area contributed by atoms with Gasteiger partial charge in [0.25, 0.3) is 11.8 Å². The Labute approximate surface area is 181 Å². The summed E-state index contributed by atoms with van der Waals surface area (Å²) in [5.41, 5.74) is -0.241. The van der Waals surface area contributed by atoms with Crippen LogP contribution in [0.5, 0.6) is 0 Å². The third-order valence-electron chi connectivity index (χ3n) is 5.49. The van der Waals surface area contributed by atoms with Crippen molar-refractivity contribution in [3.63, 3.8) is 0 Å². The number of hydrogen-bond acceptors (Lipinski definition) is 5. The molecule has 7 nitrogen and oxygen atoms in total. The number of rotatable bonds is 4. The molecule has 2 amide bonds. The van der Waals surface area contributed by atoms with Gasteiger partial charge in [0.15, 0.2) is 12.2 Å². The monoisotopic (exact) mass is 451 g/mol. The molecule has 4 heterocycles. The first-order chi connectivity index (χ1) is 15.3. The lowest BCUT2D eigenvalue weighted by Crippen LogP contribution is -2.53. The molecule has 2 N–H and O–H groups in total. The van der Waals surface area contributed by atoms with Crippen LogP contribution in [0.2, 0.25) is 0 Å². The lowest BCUT2D eigenvalue weighted by atomic mass is 10.1. The van der Waals surface area contributed by atoms with E-state index in [9.17, 15) is 27.2 Å². The van der Waals surface area contributed by atoms with Crippen LogP contribution in [-0.2, 0) is 9.59 Å². The molecule has 0 saturated carbocycles. The summed E-state index contributed by atoms with van der Waals surface area (Å²) in [4.78, 5) is 32.6. The maximum Gasteiger partial charge on any atom is 0.414 e. The van der Waals surface area contributed by atoms with Gasteiger partial charge in [0.2, 0.25) is 0 Å². The smallest absolute Gasteiger partial charge is 0.351 e. The fraction of sp³-hybridized carbons (Fsp3) is 0.381. The molecule has 1 fully saturated rings. The van der Waals surface area contributed by atoms with Gasteiger partial charge in [-0.1, -0.05) is 12.1 Å². The molecule has 1 saturated heterocycles. The first-order valence-corrected chi connectivity index (χ1v) is 10.1. The Bertz CT molecular complexity index is 968. The van der Waals surface area contributed by atoms with Gasteiger partial charge in [-0.2, -0.15) is 13.2 Å². The number of fused-ring (bicyclic) bond motifs is 1. The minimum absolute atomic E-state index is 0.158. The summed E-state index contributed by atoms with van der Waals surface area (Å²) >= 11 is 0. The van der Waals surface area contributed by atoms with Crippen molar-refractivity contribution in [2.45, 2.75) is 37.4 Å². The number of nitrogens with one attached hydrogen (secondary N) is 2. The molecule has 4 rings (SSSR count). The molecule has 3 aliphatic rings. The maximum absolute atomic E-state index is 13.6. The van der Waals surface area contributed by atoms with E-state index in [-0.39, 0.29) is 48.9 Å². The average Bonchev–Trinajstić information content (AvgIpc) is 3.17. The van der Waals surface area contributed by atoms with Gasteiger partial charge < -0.3 is 20.4 Å². The molecule has 11 heteroatoms. The number of pyridine rings is 1. The highest BCUT2D eigenvalue weighted by molar-refractivity contribution is 5.97. The Kier molecular flexibility index (Phi) is 5.90. The van der Waals surface area contributed by atoms with Crippen LogP contribution in [0.15, 0.2) is 60.2 Å². The molecule has 32 heavy (non-hydrogen) atoms. The predicted octanol–water partition coefficient (Wildman–Crippen LogP) is 2.29. The van der Waals surface area contributed by atoms with Crippen LogP contribution >= 0.6 is 0 Å². The van der Waals surface area contributed by atoms with Crippen molar-refractivity contribution in [1.29, 1.82) is 0 Å². The van der Waals surface area contributed by atoms with Crippen LogP contribution in [0.1, 0.15) is 24.6 Å². The van der Waals surface area contributed by atoms with E-state index in [1.54, 1.807) is 18.4 Å². The number of alkyl halides is 4. The molecule has 170 valence electrons. The van der Waals surface area contributed by atoms with E-state index in [0.717, 1.165) is 0 Å². The number of halogens is 4. The number of carbonyl (C=O) groups is 2. The second kappa shape index (κ2) is 8.64. The van der Waals surface area contributed by atoms with Crippen molar-refractivity contribution in [3.05, 3.63) is 65.9 Å². The second-order valence-electron chi connectivity index (χ2n) is 7.62. The van der Waals surface area contributed by atoms with Gasteiger partial charge in [-0.15, -0.1) is 0 Å². The Morgan fingerprint density at radius 3 is 2.59 bits per heavy atom. The topological polar surface area (TPSA) is 77.6 Å². The summed E-state index contributed by atoms with van der Waals surface area (Å²) < 4.78 is 54.4. The van der Waals surface area contributed by atoms with Crippen molar-refractivity contribution >= 4 is 11.8 Å². The normalized spacial score (nSPS) is 21.9. The van der Waals surface area contributed by atoms with Gasteiger partial charge in [0, 0.05) is 25.5 Å². The summed E-state index contributed by atoms with van der Waals surface area (Å²) in [7, 11) is 0. The Morgan fingerprint density at radius 1 is 1.19 bits per heavy atom. The number of hydrogen-bond donors (Lipinski definition) is 2. The first-order valence-electron chi connectivity index (χ1n) is 10.1. The van der Waals surface area contributed by atoms with Crippen LogP contribution in [0.25, 0.3) is 0 Å². The van der Waals surface area contributed by atoms with Gasteiger partial charge in [0.1, 0.15) is 11.9 Å². The van der Waals surface area contributed by atoms with Crippen molar-refractivity contribution in [2.75, 3.05) is 13.1 Å². The molecule has 2 atom stereocenters. The molecule has 2 unspecified atom stereocenters. The molecular formula is C21H21F4N5O2. The molecule has 3 aliphatic heterocycles. The second-order valence-corrected chi connectivity index (χ2v) is 7.62.